The number of aromatic nitrogens is 1. The number of hydrogen-bond acceptors (Lipinski definition) is 4. The first kappa shape index (κ1) is 14.1. The van der Waals surface area contributed by atoms with E-state index in [-0.39, 0.29) is 11.3 Å². The van der Waals surface area contributed by atoms with Gasteiger partial charge in [0.15, 0.2) is 0 Å². The van der Waals surface area contributed by atoms with Crippen molar-refractivity contribution in [3.05, 3.63) is 41.4 Å². The van der Waals surface area contributed by atoms with Crippen molar-refractivity contribution in [2.24, 2.45) is 0 Å². The Kier molecular flexibility index (Phi) is 4.96. The lowest BCUT2D eigenvalue weighted by Gasteiger charge is -2.31. The van der Waals surface area contributed by atoms with E-state index in [4.69, 9.17) is 0 Å². The zero-order chi connectivity index (χ0) is 13.7. The van der Waals surface area contributed by atoms with Crippen molar-refractivity contribution < 1.29 is 9.32 Å². The van der Waals surface area contributed by atoms with Gasteiger partial charge in [-0.05, 0) is 18.4 Å². The van der Waals surface area contributed by atoms with Gasteiger partial charge < -0.3 is 10.0 Å². The van der Waals surface area contributed by atoms with E-state index < -0.39 is 10.8 Å². The second-order valence-corrected chi connectivity index (χ2v) is 6.02. The third kappa shape index (κ3) is 3.35. The minimum absolute atomic E-state index is 0.122. The lowest BCUT2D eigenvalue weighted by atomic mass is 10.2. The molecule has 1 aromatic heterocycles. The number of rotatable bonds is 6. The van der Waals surface area contributed by atoms with E-state index in [9.17, 15) is 9.32 Å². The van der Waals surface area contributed by atoms with Crippen molar-refractivity contribution in [1.29, 1.82) is 0 Å². The molecule has 19 heavy (non-hydrogen) atoms. The molecule has 0 bridgehead atoms. The van der Waals surface area contributed by atoms with E-state index in [2.05, 4.69) is 11.9 Å². The Morgan fingerprint density at radius 3 is 2.95 bits per heavy atom. The molecule has 104 valence electrons. The molecule has 0 radical (unpaired) electrons. The molecule has 1 aromatic rings. The van der Waals surface area contributed by atoms with Gasteiger partial charge in [-0.1, -0.05) is 32.3 Å². The smallest absolute Gasteiger partial charge is 0.135 e. The maximum atomic E-state index is 12.0. The molecule has 0 spiro atoms. The van der Waals surface area contributed by atoms with Crippen LogP contribution in [0.15, 0.2) is 35.8 Å². The Bertz CT molecular complexity index is 462. The molecule has 1 aliphatic heterocycles. The first-order valence-electron chi connectivity index (χ1n) is 6.69. The predicted octanol–water partition coefficient (Wildman–Crippen LogP) is 1.88. The molecule has 0 saturated carbocycles. The molecule has 2 atom stereocenters. The molecule has 1 aliphatic rings. The van der Waals surface area contributed by atoms with E-state index >= 15 is 0 Å². The minimum Gasteiger partial charge on any atom is -0.860 e. The molecule has 2 unspecified atom stereocenters. The number of hydrogen-bond donors (Lipinski definition) is 0. The van der Waals surface area contributed by atoms with E-state index in [0.717, 1.165) is 24.8 Å². The summed E-state index contributed by atoms with van der Waals surface area (Å²) < 4.78 is 12.0. The fraction of sp³-hybridized carbons (Fsp3) is 0.500. The van der Waals surface area contributed by atoms with Crippen LogP contribution in [0.5, 0.6) is 0 Å². The number of pyridine rings is 1. The first-order valence-corrected chi connectivity index (χ1v) is 7.96. The van der Waals surface area contributed by atoms with Crippen LogP contribution in [0.4, 0.5) is 0 Å². The van der Waals surface area contributed by atoms with E-state index in [1.165, 1.54) is 11.8 Å². The van der Waals surface area contributed by atoms with Crippen molar-refractivity contribution in [2.75, 3.05) is 6.54 Å². The summed E-state index contributed by atoms with van der Waals surface area (Å²) in [5, 5.41) is 12.8. The van der Waals surface area contributed by atoms with Crippen molar-refractivity contribution in [1.82, 2.24) is 9.88 Å². The molecule has 5 heteroatoms. The van der Waals surface area contributed by atoms with Gasteiger partial charge in [0.05, 0.1) is 10.8 Å². The largest absolute Gasteiger partial charge is 0.860 e. The number of nitrogens with zero attached hydrogens (tertiary/aromatic N) is 2. The van der Waals surface area contributed by atoms with Crippen molar-refractivity contribution in [3.63, 3.8) is 0 Å². The Hall–Kier alpha value is -1.36. The van der Waals surface area contributed by atoms with Gasteiger partial charge in [-0.25, -0.2) is 0 Å². The van der Waals surface area contributed by atoms with Crippen molar-refractivity contribution in [3.8, 4) is 0 Å². The number of unbranched alkanes of at least 4 members (excludes halogenated alkanes) is 3. The van der Waals surface area contributed by atoms with Crippen LogP contribution in [-0.2, 0) is 10.8 Å². The van der Waals surface area contributed by atoms with Gasteiger partial charge in [-0.2, -0.15) is 0 Å². The maximum absolute atomic E-state index is 12.0. The molecule has 2 rings (SSSR count). The molecule has 4 nitrogen and oxygen atoms in total. The highest BCUT2D eigenvalue weighted by Crippen LogP contribution is 2.32. The van der Waals surface area contributed by atoms with Gasteiger partial charge in [-0.3, -0.25) is 9.19 Å². The minimum atomic E-state index is -1.27. The van der Waals surface area contributed by atoms with Crippen LogP contribution in [0.2, 0.25) is 0 Å². The van der Waals surface area contributed by atoms with Gasteiger partial charge in [-0.15, -0.1) is 0 Å². The van der Waals surface area contributed by atoms with Gasteiger partial charge in [0, 0.05) is 29.9 Å². The van der Waals surface area contributed by atoms with Crippen LogP contribution in [0.3, 0.4) is 0 Å². The van der Waals surface area contributed by atoms with E-state index in [0.29, 0.717) is 6.54 Å². The second-order valence-electron chi connectivity index (χ2n) is 4.68. The second kappa shape index (κ2) is 6.70. The third-order valence-corrected chi connectivity index (χ3v) is 4.63. The van der Waals surface area contributed by atoms with Crippen LogP contribution in [0.25, 0.3) is 0 Å². The van der Waals surface area contributed by atoms with Gasteiger partial charge >= 0.3 is 0 Å². The summed E-state index contributed by atoms with van der Waals surface area (Å²) in [6.07, 6.45) is 7.77. The Balaban J connectivity index is 2.06. The molecule has 0 aliphatic carbocycles. The first-order chi connectivity index (χ1) is 9.24. The van der Waals surface area contributed by atoms with Gasteiger partial charge in [0.25, 0.3) is 0 Å². The van der Waals surface area contributed by atoms with Crippen molar-refractivity contribution in [2.45, 2.75) is 38.0 Å². The van der Waals surface area contributed by atoms with E-state index in [1.807, 2.05) is 12.1 Å². The van der Waals surface area contributed by atoms with Crippen molar-refractivity contribution >= 4 is 10.8 Å². The summed E-state index contributed by atoms with van der Waals surface area (Å²) in [6.45, 7) is 2.82. The summed E-state index contributed by atoms with van der Waals surface area (Å²) in [5.74, 6) is -0.122. The topological polar surface area (TPSA) is 56.3 Å². The lowest BCUT2D eigenvalue weighted by Crippen LogP contribution is -2.31. The third-order valence-electron chi connectivity index (χ3n) is 3.23. The Labute approximate surface area is 116 Å². The fourth-order valence-corrected chi connectivity index (χ4v) is 3.58. The summed E-state index contributed by atoms with van der Waals surface area (Å²) in [6, 6.07) is 3.69. The Morgan fingerprint density at radius 2 is 2.26 bits per heavy atom. The summed E-state index contributed by atoms with van der Waals surface area (Å²) in [4.78, 5) is 5.76. The molecule has 0 amide bonds. The predicted molar refractivity (Wildman–Crippen MR) is 74.1 cm³/mol. The molecule has 0 N–H and O–H groups in total. The molecule has 0 fully saturated rings. The highest BCUT2D eigenvalue weighted by Gasteiger charge is 2.29. The van der Waals surface area contributed by atoms with Crippen LogP contribution in [0, 0.1) is 0 Å². The average molecular weight is 279 g/mol. The SMILES string of the molecule is CCCCCCN1C([O-])=CS(=O)C1c1cccnc1. The standard InChI is InChI=1S/C14H20N2O2S/c1-2-3-4-5-9-16-13(17)11-19(18)14(16)12-7-6-8-15-10-12/h6-8,10-11,14,17H,2-5,9H2,1H3/p-1. The highest BCUT2D eigenvalue weighted by atomic mass is 32.2. The summed E-state index contributed by atoms with van der Waals surface area (Å²) >= 11 is 0. The van der Waals surface area contributed by atoms with Crippen LogP contribution < -0.4 is 5.11 Å². The normalized spacial score (nSPS) is 22.6. The Morgan fingerprint density at radius 1 is 1.42 bits per heavy atom. The molecular formula is C14H19N2O2S-. The zero-order valence-corrected chi connectivity index (χ0v) is 11.9. The fourth-order valence-electron chi connectivity index (χ4n) is 2.24. The van der Waals surface area contributed by atoms with Crippen LogP contribution in [0.1, 0.15) is 43.5 Å². The van der Waals surface area contributed by atoms with Crippen LogP contribution >= 0.6 is 0 Å². The lowest BCUT2D eigenvalue weighted by molar-refractivity contribution is -0.332. The monoisotopic (exact) mass is 279 g/mol. The molecule has 0 aromatic carbocycles. The molecular weight excluding hydrogens is 260 g/mol. The maximum Gasteiger partial charge on any atom is 0.135 e. The molecule has 0 saturated heterocycles. The summed E-state index contributed by atoms with van der Waals surface area (Å²) in [5.41, 5.74) is 0.846. The van der Waals surface area contributed by atoms with E-state index in [1.54, 1.807) is 17.3 Å². The quantitative estimate of drug-likeness (QED) is 0.746. The van der Waals surface area contributed by atoms with Gasteiger partial charge in [0.2, 0.25) is 0 Å². The van der Waals surface area contributed by atoms with Crippen LogP contribution in [-0.4, -0.2) is 20.6 Å². The highest BCUT2D eigenvalue weighted by molar-refractivity contribution is 7.88. The zero-order valence-electron chi connectivity index (χ0n) is 11.1. The summed E-state index contributed by atoms with van der Waals surface area (Å²) in [7, 11) is -1.27. The van der Waals surface area contributed by atoms with Gasteiger partial charge in [0.1, 0.15) is 5.37 Å². The average Bonchev–Trinajstić information content (AvgIpc) is 2.70. The molecule has 2 heterocycles.